The topological polar surface area (TPSA) is 110 Å². The lowest BCUT2D eigenvalue weighted by Crippen LogP contribution is -2.05. The fourth-order valence-electron chi connectivity index (χ4n) is 2.60. The highest BCUT2D eigenvalue weighted by molar-refractivity contribution is 5.78. The summed E-state index contributed by atoms with van der Waals surface area (Å²) in [5.74, 6) is -0.868. The first kappa shape index (κ1) is 18.4. The van der Waals surface area contributed by atoms with E-state index < -0.39 is 11.6 Å². The Morgan fingerprint density at radius 1 is 0.862 bits per heavy atom. The van der Waals surface area contributed by atoms with Crippen molar-refractivity contribution in [2.45, 2.75) is 6.61 Å². The maximum atomic E-state index is 14.5. The van der Waals surface area contributed by atoms with E-state index in [0.29, 0.717) is 5.69 Å². The van der Waals surface area contributed by atoms with Crippen LogP contribution in [0.3, 0.4) is 0 Å². The zero-order valence-corrected chi connectivity index (χ0v) is 14.8. The van der Waals surface area contributed by atoms with Gasteiger partial charge < -0.3 is 10.4 Å². The number of hydrogen-bond acceptors (Lipinski definition) is 8. The second-order valence-corrected chi connectivity index (χ2v) is 5.84. The van der Waals surface area contributed by atoms with Crippen LogP contribution in [0.5, 0.6) is 0 Å². The van der Waals surface area contributed by atoms with Crippen molar-refractivity contribution in [2.75, 3.05) is 5.32 Å². The van der Waals surface area contributed by atoms with Gasteiger partial charge in [-0.3, -0.25) is 4.98 Å². The number of aliphatic hydroxyl groups is 1. The number of rotatable bonds is 5. The van der Waals surface area contributed by atoms with E-state index in [1.54, 1.807) is 12.1 Å². The van der Waals surface area contributed by atoms with Crippen LogP contribution in [0.2, 0.25) is 0 Å². The molecule has 0 aliphatic carbocycles. The molecule has 144 valence electrons. The Hall–Kier alpha value is -3.92. The maximum absolute atomic E-state index is 14.5. The summed E-state index contributed by atoms with van der Waals surface area (Å²) >= 11 is 0. The third-order valence-electron chi connectivity index (χ3n) is 3.95. The van der Waals surface area contributed by atoms with Crippen LogP contribution < -0.4 is 5.32 Å². The van der Waals surface area contributed by atoms with E-state index in [1.807, 2.05) is 0 Å². The van der Waals surface area contributed by atoms with Crippen LogP contribution in [0.4, 0.5) is 20.4 Å². The van der Waals surface area contributed by atoms with Crippen LogP contribution in [0.25, 0.3) is 22.5 Å². The van der Waals surface area contributed by atoms with Gasteiger partial charge in [0, 0.05) is 17.3 Å². The molecule has 3 aromatic heterocycles. The molecule has 1 aromatic carbocycles. The normalized spacial score (nSPS) is 10.7. The van der Waals surface area contributed by atoms with Crippen LogP contribution in [-0.2, 0) is 6.61 Å². The molecular formula is C19H13F2N7O. The van der Waals surface area contributed by atoms with Gasteiger partial charge in [-0.2, -0.15) is 0 Å². The molecule has 0 fully saturated rings. The second-order valence-electron chi connectivity index (χ2n) is 5.84. The number of pyridine rings is 1. The van der Waals surface area contributed by atoms with Gasteiger partial charge in [0.1, 0.15) is 23.8 Å². The van der Waals surface area contributed by atoms with Gasteiger partial charge in [-0.15, -0.1) is 10.2 Å². The van der Waals surface area contributed by atoms with E-state index in [1.165, 1.54) is 36.8 Å². The fourth-order valence-corrected chi connectivity index (χ4v) is 2.60. The van der Waals surface area contributed by atoms with Crippen LogP contribution in [-0.4, -0.2) is 35.2 Å². The molecule has 0 aliphatic heterocycles. The molecule has 0 saturated carbocycles. The van der Waals surface area contributed by atoms with Gasteiger partial charge in [0.2, 0.25) is 5.95 Å². The monoisotopic (exact) mass is 393 g/mol. The van der Waals surface area contributed by atoms with Crippen molar-refractivity contribution in [3.8, 4) is 22.5 Å². The van der Waals surface area contributed by atoms with E-state index in [0.717, 1.165) is 6.20 Å². The number of benzene rings is 1. The lowest BCUT2D eigenvalue weighted by molar-refractivity contribution is 0.271. The number of nitrogens with one attached hydrogen (secondary N) is 1. The van der Waals surface area contributed by atoms with E-state index in [9.17, 15) is 8.78 Å². The van der Waals surface area contributed by atoms with Gasteiger partial charge in [0.15, 0.2) is 11.6 Å². The minimum atomic E-state index is -0.630. The molecule has 0 unspecified atom stereocenters. The van der Waals surface area contributed by atoms with E-state index >= 15 is 0 Å². The van der Waals surface area contributed by atoms with Gasteiger partial charge in [-0.1, -0.05) is 12.1 Å². The number of anilines is 2. The summed E-state index contributed by atoms with van der Waals surface area (Å²) in [6.45, 7) is -0.290. The zero-order valence-electron chi connectivity index (χ0n) is 14.8. The number of hydrogen-bond donors (Lipinski definition) is 2. The standard InChI is InChI=1S/C19H13F2N7O/c20-14-4-2-1-3-12(14)17-18(13-5-6-22-9-15(13)21)27-28-19(26-17)25-11-7-23-16(10-29)24-8-11/h1-9,29H,10H2,(H,25,26,28). The first-order valence-electron chi connectivity index (χ1n) is 8.44. The summed E-state index contributed by atoms with van der Waals surface area (Å²) in [7, 11) is 0. The predicted molar refractivity (Wildman–Crippen MR) is 99.6 cm³/mol. The van der Waals surface area contributed by atoms with Crippen LogP contribution >= 0.6 is 0 Å². The van der Waals surface area contributed by atoms with Gasteiger partial charge in [-0.25, -0.2) is 23.7 Å². The largest absolute Gasteiger partial charge is 0.388 e. The van der Waals surface area contributed by atoms with Crippen molar-refractivity contribution in [2.24, 2.45) is 0 Å². The van der Waals surface area contributed by atoms with Crippen molar-refractivity contribution in [1.29, 1.82) is 0 Å². The summed E-state index contributed by atoms with van der Waals surface area (Å²) < 4.78 is 28.7. The molecule has 4 rings (SSSR count). The number of aliphatic hydroxyl groups excluding tert-OH is 1. The van der Waals surface area contributed by atoms with E-state index in [2.05, 4.69) is 35.5 Å². The lowest BCUT2D eigenvalue weighted by atomic mass is 10.0. The predicted octanol–water partition coefficient (Wildman–Crippen LogP) is 2.90. The molecule has 2 N–H and O–H groups in total. The summed E-state index contributed by atoms with van der Waals surface area (Å²) in [5.41, 5.74) is 0.862. The maximum Gasteiger partial charge on any atom is 0.247 e. The molecule has 8 nitrogen and oxygen atoms in total. The Bertz CT molecular complexity index is 1160. The molecule has 0 amide bonds. The van der Waals surface area contributed by atoms with Crippen molar-refractivity contribution >= 4 is 11.6 Å². The number of nitrogens with zero attached hydrogens (tertiary/aromatic N) is 6. The summed E-state index contributed by atoms with van der Waals surface area (Å²) in [6, 6.07) is 7.39. The van der Waals surface area contributed by atoms with Crippen LogP contribution in [0.1, 0.15) is 5.82 Å². The average molecular weight is 393 g/mol. The van der Waals surface area contributed by atoms with Gasteiger partial charge in [0.05, 0.1) is 24.3 Å². The number of halogens is 2. The SMILES string of the molecule is OCc1ncc(Nc2nnc(-c3ccncc3F)c(-c3ccccc3F)n2)cn1. The number of aromatic nitrogens is 6. The Kier molecular flexibility index (Phi) is 5.08. The second kappa shape index (κ2) is 7.98. The highest BCUT2D eigenvalue weighted by atomic mass is 19.1. The highest BCUT2D eigenvalue weighted by Crippen LogP contribution is 2.32. The van der Waals surface area contributed by atoms with E-state index in [4.69, 9.17) is 5.11 Å². The first-order valence-corrected chi connectivity index (χ1v) is 8.44. The molecule has 10 heteroatoms. The summed E-state index contributed by atoms with van der Waals surface area (Å²) in [4.78, 5) is 16.0. The van der Waals surface area contributed by atoms with Crippen molar-refractivity contribution in [3.05, 3.63) is 72.6 Å². The highest BCUT2D eigenvalue weighted by Gasteiger charge is 2.19. The Morgan fingerprint density at radius 2 is 1.62 bits per heavy atom. The quantitative estimate of drug-likeness (QED) is 0.533. The van der Waals surface area contributed by atoms with E-state index in [-0.39, 0.29) is 40.9 Å². The molecule has 0 radical (unpaired) electrons. The molecule has 0 saturated heterocycles. The minimum absolute atomic E-state index is 0.0433. The lowest BCUT2D eigenvalue weighted by Gasteiger charge is -2.11. The Balaban J connectivity index is 1.81. The third kappa shape index (κ3) is 3.87. The first-order chi connectivity index (χ1) is 14.2. The summed E-state index contributed by atoms with van der Waals surface area (Å²) in [5, 5.41) is 19.9. The summed E-state index contributed by atoms with van der Waals surface area (Å²) in [6.07, 6.45) is 5.30. The molecule has 3 heterocycles. The van der Waals surface area contributed by atoms with Crippen molar-refractivity contribution in [3.63, 3.8) is 0 Å². The zero-order chi connectivity index (χ0) is 20.2. The molecule has 0 aliphatic rings. The van der Waals surface area contributed by atoms with Gasteiger partial charge in [0.25, 0.3) is 0 Å². The molecule has 0 bridgehead atoms. The third-order valence-corrected chi connectivity index (χ3v) is 3.95. The molecule has 4 aromatic rings. The Labute approximate surface area is 163 Å². The fraction of sp³-hybridized carbons (Fsp3) is 0.0526. The average Bonchev–Trinajstić information content (AvgIpc) is 2.75. The molecular weight excluding hydrogens is 380 g/mol. The van der Waals surface area contributed by atoms with Crippen LogP contribution in [0.15, 0.2) is 55.1 Å². The minimum Gasteiger partial charge on any atom is -0.388 e. The molecule has 29 heavy (non-hydrogen) atoms. The Morgan fingerprint density at radius 3 is 2.34 bits per heavy atom. The molecule has 0 spiro atoms. The van der Waals surface area contributed by atoms with Crippen molar-refractivity contribution < 1.29 is 13.9 Å². The van der Waals surface area contributed by atoms with Gasteiger partial charge in [-0.05, 0) is 18.2 Å². The van der Waals surface area contributed by atoms with Crippen molar-refractivity contribution in [1.82, 2.24) is 30.1 Å². The van der Waals surface area contributed by atoms with Gasteiger partial charge >= 0.3 is 0 Å². The molecule has 0 atom stereocenters. The smallest absolute Gasteiger partial charge is 0.247 e. The van der Waals surface area contributed by atoms with Crippen LogP contribution in [0, 0.1) is 11.6 Å².